The molecule has 0 saturated heterocycles. The van der Waals surface area contributed by atoms with Crippen LogP contribution in [0.2, 0.25) is 0 Å². The van der Waals surface area contributed by atoms with Gasteiger partial charge in [-0.1, -0.05) is 32.9 Å². The highest BCUT2D eigenvalue weighted by Gasteiger charge is 2.33. The first kappa shape index (κ1) is 17.2. The van der Waals surface area contributed by atoms with Crippen molar-refractivity contribution in [1.29, 1.82) is 0 Å². The number of sulfonamides is 1. The van der Waals surface area contributed by atoms with Gasteiger partial charge >= 0.3 is 0 Å². The topological polar surface area (TPSA) is 63.4 Å². The lowest BCUT2D eigenvalue weighted by atomic mass is 9.97. The standard InChI is InChI=1S/C18H24N2O3S/c1-12-6-7-13(2)16(10-12)24(21,22)20-9-8-15-14(11-20)19-17(23-15)18(3,4)5/h6-7,10H,8-9,11H2,1-5H3. The van der Waals surface area contributed by atoms with E-state index in [0.29, 0.717) is 23.8 Å². The zero-order valence-electron chi connectivity index (χ0n) is 14.9. The molecule has 0 amide bonds. The van der Waals surface area contributed by atoms with E-state index in [2.05, 4.69) is 4.98 Å². The van der Waals surface area contributed by atoms with Crippen molar-refractivity contribution in [2.45, 2.75) is 57.9 Å². The molecule has 0 bridgehead atoms. The summed E-state index contributed by atoms with van der Waals surface area (Å²) in [6.07, 6.45) is 0.558. The molecule has 0 unspecified atom stereocenters. The molecule has 0 aliphatic carbocycles. The Kier molecular flexibility index (Phi) is 4.08. The van der Waals surface area contributed by atoms with Gasteiger partial charge in [-0.3, -0.25) is 0 Å². The molecule has 1 aliphatic rings. The summed E-state index contributed by atoms with van der Waals surface area (Å²) in [6.45, 7) is 10.5. The predicted molar refractivity (Wildman–Crippen MR) is 92.4 cm³/mol. The summed E-state index contributed by atoms with van der Waals surface area (Å²) in [7, 11) is -3.53. The molecule has 0 saturated carbocycles. The summed E-state index contributed by atoms with van der Waals surface area (Å²) in [5, 5.41) is 0. The highest BCUT2D eigenvalue weighted by molar-refractivity contribution is 7.89. The number of hydrogen-bond acceptors (Lipinski definition) is 4. The van der Waals surface area contributed by atoms with Gasteiger partial charge in [-0.25, -0.2) is 13.4 Å². The van der Waals surface area contributed by atoms with Crippen molar-refractivity contribution in [1.82, 2.24) is 9.29 Å². The van der Waals surface area contributed by atoms with E-state index in [-0.39, 0.29) is 12.0 Å². The van der Waals surface area contributed by atoms with E-state index in [4.69, 9.17) is 4.42 Å². The van der Waals surface area contributed by atoms with Crippen molar-refractivity contribution in [3.05, 3.63) is 46.7 Å². The number of fused-ring (bicyclic) bond motifs is 1. The molecule has 0 spiro atoms. The van der Waals surface area contributed by atoms with Crippen molar-refractivity contribution in [3.8, 4) is 0 Å². The van der Waals surface area contributed by atoms with Crippen LogP contribution in [-0.2, 0) is 28.4 Å². The van der Waals surface area contributed by atoms with E-state index in [1.54, 1.807) is 6.07 Å². The maximum Gasteiger partial charge on any atom is 0.243 e. The number of aromatic nitrogens is 1. The van der Waals surface area contributed by atoms with E-state index >= 15 is 0 Å². The second-order valence-corrected chi connectivity index (χ2v) is 9.40. The van der Waals surface area contributed by atoms with Crippen LogP contribution in [0.4, 0.5) is 0 Å². The lowest BCUT2D eigenvalue weighted by Crippen LogP contribution is -2.36. The van der Waals surface area contributed by atoms with Gasteiger partial charge in [0.25, 0.3) is 0 Å². The third-order valence-corrected chi connectivity index (χ3v) is 6.28. The average molecular weight is 348 g/mol. The first-order valence-corrected chi connectivity index (χ1v) is 9.59. The summed E-state index contributed by atoms with van der Waals surface area (Å²) in [5.41, 5.74) is 2.25. The molecule has 0 radical (unpaired) electrons. The van der Waals surface area contributed by atoms with Gasteiger partial charge in [-0.15, -0.1) is 0 Å². The molecule has 0 N–H and O–H groups in total. The van der Waals surface area contributed by atoms with Gasteiger partial charge in [0.2, 0.25) is 10.0 Å². The number of rotatable bonds is 2. The lowest BCUT2D eigenvalue weighted by Gasteiger charge is -2.25. The average Bonchev–Trinajstić information content (AvgIpc) is 2.93. The maximum absolute atomic E-state index is 13.0. The van der Waals surface area contributed by atoms with Gasteiger partial charge in [-0.05, 0) is 31.0 Å². The fourth-order valence-electron chi connectivity index (χ4n) is 2.82. The fourth-order valence-corrected chi connectivity index (χ4v) is 4.54. The third-order valence-electron chi connectivity index (χ3n) is 4.30. The van der Waals surface area contributed by atoms with Crippen LogP contribution in [-0.4, -0.2) is 24.3 Å². The van der Waals surface area contributed by atoms with Crippen LogP contribution in [0.15, 0.2) is 27.5 Å². The Morgan fingerprint density at radius 1 is 1.21 bits per heavy atom. The number of benzene rings is 1. The normalized spacial score (nSPS) is 16.2. The molecule has 130 valence electrons. The van der Waals surface area contributed by atoms with Crippen LogP contribution < -0.4 is 0 Å². The molecule has 6 heteroatoms. The Balaban J connectivity index is 1.95. The lowest BCUT2D eigenvalue weighted by molar-refractivity contribution is 0.338. The summed E-state index contributed by atoms with van der Waals surface area (Å²) in [6, 6.07) is 5.52. The Morgan fingerprint density at radius 2 is 1.92 bits per heavy atom. The van der Waals surface area contributed by atoms with Gasteiger partial charge in [0.05, 0.1) is 17.1 Å². The fraction of sp³-hybridized carbons (Fsp3) is 0.500. The van der Waals surface area contributed by atoms with Crippen LogP contribution in [0.25, 0.3) is 0 Å². The quantitative estimate of drug-likeness (QED) is 0.835. The number of aryl methyl sites for hydroxylation is 2. The van der Waals surface area contributed by atoms with Crippen molar-refractivity contribution >= 4 is 10.0 Å². The minimum atomic E-state index is -3.53. The molecule has 0 atom stereocenters. The Bertz CT molecular complexity index is 876. The van der Waals surface area contributed by atoms with Crippen molar-refractivity contribution in [2.24, 2.45) is 0 Å². The number of nitrogens with zero attached hydrogens (tertiary/aromatic N) is 2. The minimum absolute atomic E-state index is 0.186. The largest absolute Gasteiger partial charge is 0.445 e. The second kappa shape index (κ2) is 5.70. The summed E-state index contributed by atoms with van der Waals surface area (Å²) >= 11 is 0. The van der Waals surface area contributed by atoms with Gasteiger partial charge in [0, 0.05) is 18.4 Å². The van der Waals surface area contributed by atoms with Gasteiger partial charge < -0.3 is 4.42 Å². The highest BCUT2D eigenvalue weighted by Crippen LogP contribution is 2.30. The summed E-state index contributed by atoms with van der Waals surface area (Å²) < 4.78 is 33.4. The Labute approximate surface area is 143 Å². The SMILES string of the molecule is Cc1ccc(C)c(S(=O)(=O)N2CCc3oc(C(C)(C)C)nc3C2)c1. The van der Waals surface area contributed by atoms with Gasteiger partial charge in [0.1, 0.15) is 5.76 Å². The smallest absolute Gasteiger partial charge is 0.243 e. The van der Waals surface area contributed by atoms with Gasteiger partial charge in [0.15, 0.2) is 5.89 Å². The van der Waals surface area contributed by atoms with E-state index in [1.165, 1.54) is 4.31 Å². The molecule has 2 aromatic rings. The molecule has 1 aromatic heterocycles. The number of oxazole rings is 1. The molecule has 1 aromatic carbocycles. The highest BCUT2D eigenvalue weighted by atomic mass is 32.2. The molecule has 24 heavy (non-hydrogen) atoms. The van der Waals surface area contributed by atoms with E-state index in [0.717, 1.165) is 22.6 Å². The molecule has 2 heterocycles. The molecule has 0 fully saturated rings. The molecule has 5 nitrogen and oxygen atoms in total. The van der Waals surface area contributed by atoms with Crippen molar-refractivity contribution < 1.29 is 12.8 Å². The first-order valence-electron chi connectivity index (χ1n) is 8.15. The maximum atomic E-state index is 13.0. The number of hydrogen-bond donors (Lipinski definition) is 0. The molecular weight excluding hydrogens is 324 g/mol. The van der Waals surface area contributed by atoms with Crippen LogP contribution in [0, 0.1) is 13.8 Å². The van der Waals surface area contributed by atoms with Crippen molar-refractivity contribution in [2.75, 3.05) is 6.54 Å². The van der Waals surface area contributed by atoms with E-state index in [9.17, 15) is 8.42 Å². The Hall–Kier alpha value is -1.66. The molecule has 1 aliphatic heterocycles. The van der Waals surface area contributed by atoms with Crippen molar-refractivity contribution in [3.63, 3.8) is 0 Å². The monoisotopic (exact) mass is 348 g/mol. The van der Waals surface area contributed by atoms with Crippen LogP contribution >= 0.6 is 0 Å². The zero-order valence-corrected chi connectivity index (χ0v) is 15.7. The zero-order chi connectivity index (χ0) is 17.7. The second-order valence-electron chi connectivity index (χ2n) is 7.50. The van der Waals surface area contributed by atoms with Crippen LogP contribution in [0.3, 0.4) is 0 Å². The van der Waals surface area contributed by atoms with E-state index in [1.807, 2.05) is 46.8 Å². The summed E-state index contributed by atoms with van der Waals surface area (Å²) in [5.74, 6) is 1.48. The first-order chi connectivity index (χ1) is 11.1. The summed E-state index contributed by atoms with van der Waals surface area (Å²) in [4.78, 5) is 4.93. The molecule has 3 rings (SSSR count). The Morgan fingerprint density at radius 3 is 2.58 bits per heavy atom. The minimum Gasteiger partial charge on any atom is -0.445 e. The molecular formula is C18H24N2O3S. The van der Waals surface area contributed by atoms with Crippen LogP contribution in [0.5, 0.6) is 0 Å². The van der Waals surface area contributed by atoms with Gasteiger partial charge in [-0.2, -0.15) is 4.31 Å². The van der Waals surface area contributed by atoms with Crippen LogP contribution in [0.1, 0.15) is 49.2 Å². The van der Waals surface area contributed by atoms with E-state index < -0.39 is 10.0 Å². The predicted octanol–water partition coefficient (Wildman–Crippen LogP) is 3.34. The third kappa shape index (κ3) is 3.00.